The van der Waals surface area contributed by atoms with E-state index in [0.29, 0.717) is 5.69 Å². The van der Waals surface area contributed by atoms with Crippen LogP contribution in [0.3, 0.4) is 0 Å². The molecule has 1 heterocycles. The van der Waals surface area contributed by atoms with Crippen molar-refractivity contribution in [3.8, 4) is 17.0 Å². The Bertz CT molecular complexity index is 550. The Morgan fingerprint density at radius 3 is 2.53 bits per heavy atom. The van der Waals surface area contributed by atoms with E-state index in [1.165, 1.54) is 0 Å². The second-order valence-corrected chi connectivity index (χ2v) is 4.15. The van der Waals surface area contributed by atoms with Gasteiger partial charge in [-0.2, -0.15) is 0 Å². The van der Waals surface area contributed by atoms with Crippen LogP contribution in [0.5, 0.6) is 5.75 Å². The summed E-state index contributed by atoms with van der Waals surface area (Å²) in [4.78, 5) is 4.38. The number of benzene rings is 1. The van der Waals surface area contributed by atoms with E-state index in [1.807, 2.05) is 44.3 Å². The van der Waals surface area contributed by atoms with Crippen LogP contribution in [0.25, 0.3) is 11.3 Å². The number of methoxy groups -OCH3 is 1. The monoisotopic (exact) mass is 228 g/mol. The Labute approximate surface area is 101 Å². The van der Waals surface area contributed by atoms with Gasteiger partial charge in [-0.15, -0.1) is 0 Å². The smallest absolute Gasteiger partial charge is 0.128 e. The van der Waals surface area contributed by atoms with Crippen molar-refractivity contribution in [1.82, 2.24) is 4.98 Å². The molecule has 0 fully saturated rings. The van der Waals surface area contributed by atoms with Crippen molar-refractivity contribution in [2.75, 3.05) is 12.8 Å². The van der Waals surface area contributed by atoms with E-state index in [9.17, 15) is 0 Å². The van der Waals surface area contributed by atoms with E-state index in [4.69, 9.17) is 10.5 Å². The Morgan fingerprint density at radius 1 is 1.12 bits per heavy atom. The van der Waals surface area contributed by atoms with Gasteiger partial charge in [0.15, 0.2) is 0 Å². The molecule has 0 unspecified atom stereocenters. The normalized spacial score (nSPS) is 10.3. The molecule has 0 aliphatic carbocycles. The molecule has 0 saturated carbocycles. The summed E-state index contributed by atoms with van der Waals surface area (Å²) < 4.78 is 5.37. The number of hydrogen-bond acceptors (Lipinski definition) is 3. The lowest BCUT2D eigenvalue weighted by Gasteiger charge is -2.11. The van der Waals surface area contributed by atoms with Crippen LogP contribution < -0.4 is 10.5 Å². The van der Waals surface area contributed by atoms with Gasteiger partial charge in [0.25, 0.3) is 0 Å². The zero-order valence-corrected chi connectivity index (χ0v) is 10.3. The summed E-state index contributed by atoms with van der Waals surface area (Å²) in [6, 6.07) is 7.92. The minimum atomic E-state index is 0.673. The first kappa shape index (κ1) is 11.5. The van der Waals surface area contributed by atoms with Gasteiger partial charge in [0.1, 0.15) is 5.75 Å². The molecule has 1 aromatic heterocycles. The summed E-state index contributed by atoms with van der Waals surface area (Å²) in [7, 11) is 1.66. The van der Waals surface area contributed by atoms with Crippen molar-refractivity contribution in [3.63, 3.8) is 0 Å². The minimum Gasteiger partial charge on any atom is -0.496 e. The number of nitrogen functional groups attached to an aromatic ring is 1. The molecule has 0 radical (unpaired) electrons. The van der Waals surface area contributed by atoms with Gasteiger partial charge in [-0.05, 0) is 43.2 Å². The van der Waals surface area contributed by atoms with Gasteiger partial charge < -0.3 is 10.5 Å². The third-order valence-electron chi connectivity index (χ3n) is 2.67. The lowest BCUT2D eigenvalue weighted by molar-refractivity contribution is 0.416. The van der Waals surface area contributed by atoms with Crippen molar-refractivity contribution < 1.29 is 4.74 Å². The molecular formula is C14H16N2O. The van der Waals surface area contributed by atoms with Gasteiger partial charge >= 0.3 is 0 Å². The van der Waals surface area contributed by atoms with Crippen LogP contribution in [0.4, 0.5) is 5.69 Å². The number of pyridine rings is 1. The molecule has 0 atom stereocenters. The van der Waals surface area contributed by atoms with E-state index in [0.717, 1.165) is 28.1 Å². The highest BCUT2D eigenvalue weighted by molar-refractivity contribution is 5.77. The second kappa shape index (κ2) is 4.45. The molecule has 2 N–H and O–H groups in total. The standard InChI is InChI=1S/C14H16N2O/c1-9-4-5-11(13(7-9)17-3)14-12(15)6-10(2)8-16-14/h4-8H,15H2,1-3H3. The molecule has 2 aromatic rings. The summed E-state index contributed by atoms with van der Waals surface area (Å²) in [5.41, 5.74) is 10.6. The maximum atomic E-state index is 6.00. The first-order valence-corrected chi connectivity index (χ1v) is 5.49. The second-order valence-electron chi connectivity index (χ2n) is 4.15. The van der Waals surface area contributed by atoms with Gasteiger partial charge in [-0.25, -0.2) is 0 Å². The molecule has 88 valence electrons. The molecule has 0 spiro atoms. The molecule has 0 saturated heterocycles. The predicted molar refractivity (Wildman–Crippen MR) is 70.1 cm³/mol. The lowest BCUT2D eigenvalue weighted by atomic mass is 10.1. The van der Waals surface area contributed by atoms with Crippen LogP contribution in [-0.4, -0.2) is 12.1 Å². The van der Waals surface area contributed by atoms with Crippen molar-refractivity contribution in [2.24, 2.45) is 0 Å². The van der Waals surface area contributed by atoms with Crippen LogP contribution >= 0.6 is 0 Å². The lowest BCUT2D eigenvalue weighted by Crippen LogP contribution is -1.97. The van der Waals surface area contributed by atoms with Crippen LogP contribution in [0.1, 0.15) is 11.1 Å². The zero-order valence-electron chi connectivity index (χ0n) is 10.3. The topological polar surface area (TPSA) is 48.1 Å². The Kier molecular flexibility index (Phi) is 3.00. The number of anilines is 1. The average molecular weight is 228 g/mol. The van der Waals surface area contributed by atoms with Crippen LogP contribution in [-0.2, 0) is 0 Å². The van der Waals surface area contributed by atoms with Crippen molar-refractivity contribution >= 4 is 5.69 Å². The Morgan fingerprint density at radius 2 is 1.88 bits per heavy atom. The summed E-state index contributed by atoms with van der Waals surface area (Å²) in [6.45, 7) is 4.00. The third kappa shape index (κ3) is 2.23. The first-order valence-electron chi connectivity index (χ1n) is 5.49. The van der Waals surface area contributed by atoms with E-state index in [-0.39, 0.29) is 0 Å². The van der Waals surface area contributed by atoms with E-state index < -0.39 is 0 Å². The Balaban J connectivity index is 2.60. The van der Waals surface area contributed by atoms with Gasteiger partial charge in [-0.3, -0.25) is 4.98 Å². The van der Waals surface area contributed by atoms with Gasteiger partial charge in [0, 0.05) is 11.8 Å². The summed E-state index contributed by atoms with van der Waals surface area (Å²) in [5, 5.41) is 0. The fraction of sp³-hybridized carbons (Fsp3) is 0.214. The predicted octanol–water partition coefficient (Wildman–Crippen LogP) is 2.96. The third-order valence-corrected chi connectivity index (χ3v) is 2.67. The van der Waals surface area contributed by atoms with Crippen LogP contribution in [0.2, 0.25) is 0 Å². The number of rotatable bonds is 2. The molecular weight excluding hydrogens is 212 g/mol. The molecule has 0 aliphatic rings. The van der Waals surface area contributed by atoms with E-state index in [2.05, 4.69) is 4.98 Å². The molecule has 3 heteroatoms. The Hall–Kier alpha value is -2.03. The number of aryl methyl sites for hydroxylation is 2. The number of nitrogens with zero attached hydrogens (tertiary/aromatic N) is 1. The molecule has 3 nitrogen and oxygen atoms in total. The van der Waals surface area contributed by atoms with Gasteiger partial charge in [0.2, 0.25) is 0 Å². The number of hydrogen-bond donors (Lipinski definition) is 1. The molecule has 17 heavy (non-hydrogen) atoms. The molecule has 0 amide bonds. The van der Waals surface area contributed by atoms with Crippen LogP contribution in [0, 0.1) is 13.8 Å². The maximum absolute atomic E-state index is 6.00. The largest absolute Gasteiger partial charge is 0.496 e. The highest BCUT2D eigenvalue weighted by atomic mass is 16.5. The van der Waals surface area contributed by atoms with Gasteiger partial charge in [0.05, 0.1) is 18.5 Å². The van der Waals surface area contributed by atoms with Crippen molar-refractivity contribution in [3.05, 3.63) is 41.6 Å². The molecule has 1 aromatic carbocycles. The van der Waals surface area contributed by atoms with Gasteiger partial charge in [-0.1, -0.05) is 6.07 Å². The fourth-order valence-corrected chi connectivity index (χ4v) is 1.81. The highest BCUT2D eigenvalue weighted by Crippen LogP contribution is 2.32. The summed E-state index contributed by atoms with van der Waals surface area (Å²) in [5.74, 6) is 0.799. The van der Waals surface area contributed by atoms with E-state index >= 15 is 0 Å². The first-order chi connectivity index (χ1) is 8.11. The quantitative estimate of drug-likeness (QED) is 0.859. The minimum absolute atomic E-state index is 0.673. The molecule has 2 rings (SSSR count). The van der Waals surface area contributed by atoms with Crippen LogP contribution in [0.15, 0.2) is 30.5 Å². The molecule has 0 bridgehead atoms. The maximum Gasteiger partial charge on any atom is 0.128 e. The number of ether oxygens (including phenoxy) is 1. The highest BCUT2D eigenvalue weighted by Gasteiger charge is 2.10. The van der Waals surface area contributed by atoms with Crippen molar-refractivity contribution in [1.29, 1.82) is 0 Å². The van der Waals surface area contributed by atoms with E-state index in [1.54, 1.807) is 7.11 Å². The molecule has 0 aliphatic heterocycles. The summed E-state index contributed by atoms with van der Waals surface area (Å²) >= 11 is 0. The number of aromatic nitrogens is 1. The summed E-state index contributed by atoms with van der Waals surface area (Å²) in [6.07, 6.45) is 1.81. The fourth-order valence-electron chi connectivity index (χ4n) is 1.81. The average Bonchev–Trinajstić information content (AvgIpc) is 2.30. The SMILES string of the molecule is COc1cc(C)ccc1-c1ncc(C)cc1N. The zero-order chi connectivity index (χ0) is 12.4. The number of nitrogens with two attached hydrogens (primary N) is 1. The van der Waals surface area contributed by atoms with Crippen molar-refractivity contribution in [2.45, 2.75) is 13.8 Å².